The van der Waals surface area contributed by atoms with E-state index in [0.29, 0.717) is 47.5 Å². The number of amides is 2. The van der Waals surface area contributed by atoms with E-state index in [2.05, 4.69) is 20.8 Å². The second-order valence-corrected chi connectivity index (χ2v) is 11.3. The van der Waals surface area contributed by atoms with Crippen LogP contribution in [0.4, 0.5) is 25.1 Å². The fourth-order valence-corrected chi connectivity index (χ4v) is 4.95. The Bertz CT molecular complexity index is 1550. The number of carbonyl (C=O) groups is 2. The molecule has 10 heteroatoms. The number of carbonyl (C=O) groups excluding carboxylic acids is 2. The first-order chi connectivity index (χ1) is 19.5. The first kappa shape index (κ1) is 28.1. The summed E-state index contributed by atoms with van der Waals surface area (Å²) in [4.78, 5) is 27.5. The summed E-state index contributed by atoms with van der Waals surface area (Å²) in [7, 11) is 0. The van der Waals surface area contributed by atoms with E-state index in [-0.39, 0.29) is 18.0 Å². The number of aromatic nitrogens is 2. The molecular weight excluding hydrogens is 528 g/mol. The molecular formula is C31H33F2N5O3. The molecule has 3 N–H and O–H groups in total. The van der Waals surface area contributed by atoms with Crippen LogP contribution in [0.5, 0.6) is 0 Å². The zero-order valence-corrected chi connectivity index (χ0v) is 23.3. The first-order valence-corrected chi connectivity index (χ1v) is 13.6. The normalized spacial score (nSPS) is 14.2. The van der Waals surface area contributed by atoms with E-state index in [0.717, 1.165) is 30.0 Å². The van der Waals surface area contributed by atoms with Gasteiger partial charge in [-0.25, -0.2) is 13.6 Å². The van der Waals surface area contributed by atoms with Crippen molar-refractivity contribution in [3.05, 3.63) is 89.0 Å². The van der Waals surface area contributed by atoms with Gasteiger partial charge in [-0.15, -0.1) is 0 Å². The van der Waals surface area contributed by atoms with Gasteiger partial charge in [-0.1, -0.05) is 18.2 Å². The second kappa shape index (κ2) is 11.6. The van der Waals surface area contributed by atoms with Gasteiger partial charge in [0.25, 0.3) is 5.91 Å². The highest BCUT2D eigenvalue weighted by Crippen LogP contribution is 2.26. The highest BCUT2D eigenvalue weighted by molar-refractivity contribution is 6.10. The predicted molar refractivity (Wildman–Crippen MR) is 154 cm³/mol. The molecule has 8 nitrogen and oxygen atoms in total. The number of benzene rings is 3. The number of H-pyrrole nitrogens is 1. The Labute approximate surface area is 237 Å². The number of piperidine rings is 1. The highest BCUT2D eigenvalue weighted by atomic mass is 19.1. The van der Waals surface area contributed by atoms with Gasteiger partial charge in [-0.05, 0) is 87.6 Å². The van der Waals surface area contributed by atoms with Crippen LogP contribution in [0, 0.1) is 11.6 Å². The van der Waals surface area contributed by atoms with Crippen LogP contribution in [0.3, 0.4) is 0 Å². The molecule has 2 heterocycles. The molecule has 4 aromatic rings. The quantitative estimate of drug-likeness (QED) is 0.250. The molecule has 1 aliphatic heterocycles. The van der Waals surface area contributed by atoms with E-state index in [1.54, 1.807) is 17.0 Å². The van der Waals surface area contributed by atoms with Crippen LogP contribution in [0.25, 0.3) is 10.9 Å². The van der Waals surface area contributed by atoms with Crippen molar-refractivity contribution in [1.29, 1.82) is 0 Å². The summed E-state index contributed by atoms with van der Waals surface area (Å²) in [5.74, 6) is -1.22. The van der Waals surface area contributed by atoms with E-state index >= 15 is 0 Å². The number of nitrogens with one attached hydrogen (secondary N) is 3. The van der Waals surface area contributed by atoms with Crippen molar-refractivity contribution in [2.45, 2.75) is 51.7 Å². The molecule has 2 amide bonds. The van der Waals surface area contributed by atoms with Crippen LogP contribution >= 0.6 is 0 Å². The zero-order valence-electron chi connectivity index (χ0n) is 23.3. The Morgan fingerprint density at radius 3 is 2.41 bits per heavy atom. The average Bonchev–Trinajstić information content (AvgIpc) is 3.29. The molecule has 214 valence electrons. The summed E-state index contributed by atoms with van der Waals surface area (Å²) >= 11 is 0. The number of anilines is 2. The largest absolute Gasteiger partial charge is 0.444 e. The molecule has 3 aromatic carbocycles. The minimum absolute atomic E-state index is 0.0871. The lowest BCUT2D eigenvalue weighted by Crippen LogP contribution is -2.44. The van der Waals surface area contributed by atoms with Crippen molar-refractivity contribution in [3.63, 3.8) is 0 Å². The zero-order chi connectivity index (χ0) is 29.1. The maximum Gasteiger partial charge on any atom is 0.410 e. The van der Waals surface area contributed by atoms with Gasteiger partial charge in [0.2, 0.25) is 0 Å². The standard InChI is InChI=1S/C31H33F2N5O3/c1-31(2,3)41-30(40)38-12-10-23(11-13-38)34-26-7-5-4-6-24(26)29(39)35-28-25-17-19(8-9-27(25)36-37-28)14-20-15-21(32)18-22(33)16-20/h4-9,15-18,23,34H,10-14H2,1-3H3,(H2,35,36,37,39). The topological polar surface area (TPSA) is 99.3 Å². The van der Waals surface area contributed by atoms with Gasteiger partial charge in [0.05, 0.1) is 11.1 Å². The number of likely N-dealkylation sites (tertiary alicyclic amines) is 1. The molecule has 1 aliphatic rings. The number of ether oxygens (including phenoxy) is 1. The maximum atomic E-state index is 13.7. The molecule has 0 radical (unpaired) electrons. The van der Waals surface area contributed by atoms with E-state index < -0.39 is 17.2 Å². The molecule has 0 spiro atoms. The third kappa shape index (κ3) is 7.00. The molecule has 0 saturated carbocycles. The van der Waals surface area contributed by atoms with Crippen LogP contribution in [-0.4, -0.2) is 51.8 Å². The summed E-state index contributed by atoms with van der Waals surface area (Å²) in [6.07, 6.45) is 1.45. The lowest BCUT2D eigenvalue weighted by molar-refractivity contribution is 0.0210. The van der Waals surface area contributed by atoms with Gasteiger partial charge in [0.15, 0.2) is 5.82 Å². The van der Waals surface area contributed by atoms with Crippen LogP contribution in [0.1, 0.15) is 55.1 Å². The molecule has 1 saturated heterocycles. The molecule has 1 fully saturated rings. The second-order valence-electron chi connectivity index (χ2n) is 11.3. The number of para-hydroxylation sites is 1. The van der Waals surface area contributed by atoms with Gasteiger partial charge < -0.3 is 20.3 Å². The Hall–Kier alpha value is -4.47. The van der Waals surface area contributed by atoms with Crippen molar-refractivity contribution in [1.82, 2.24) is 15.1 Å². The summed E-state index contributed by atoms with van der Waals surface area (Å²) < 4.78 is 32.8. The number of fused-ring (bicyclic) bond motifs is 1. The van der Waals surface area contributed by atoms with Crippen LogP contribution in [0.15, 0.2) is 60.7 Å². The van der Waals surface area contributed by atoms with Crippen LogP contribution in [0.2, 0.25) is 0 Å². The van der Waals surface area contributed by atoms with E-state index in [1.807, 2.05) is 51.1 Å². The van der Waals surface area contributed by atoms with E-state index in [4.69, 9.17) is 4.74 Å². The maximum absolute atomic E-state index is 13.7. The third-order valence-electron chi connectivity index (χ3n) is 6.87. The molecule has 0 bridgehead atoms. The minimum atomic E-state index is -0.627. The monoisotopic (exact) mass is 561 g/mol. The number of hydrogen-bond donors (Lipinski definition) is 3. The first-order valence-electron chi connectivity index (χ1n) is 13.6. The highest BCUT2D eigenvalue weighted by Gasteiger charge is 2.27. The Morgan fingerprint density at radius 2 is 1.71 bits per heavy atom. The lowest BCUT2D eigenvalue weighted by atomic mass is 10.0. The number of halogens is 2. The van der Waals surface area contributed by atoms with Crippen molar-refractivity contribution in [2.24, 2.45) is 0 Å². The summed E-state index contributed by atoms with van der Waals surface area (Å²) in [5.41, 5.74) is 2.66. The number of nitrogens with zero attached hydrogens (tertiary/aromatic N) is 2. The molecule has 0 atom stereocenters. The van der Waals surface area contributed by atoms with E-state index in [9.17, 15) is 18.4 Å². The fourth-order valence-electron chi connectivity index (χ4n) is 4.95. The lowest BCUT2D eigenvalue weighted by Gasteiger charge is -2.34. The van der Waals surface area contributed by atoms with Gasteiger partial charge in [0.1, 0.15) is 17.2 Å². The number of hydrogen-bond acceptors (Lipinski definition) is 5. The van der Waals surface area contributed by atoms with Crippen molar-refractivity contribution in [2.75, 3.05) is 23.7 Å². The van der Waals surface area contributed by atoms with E-state index in [1.165, 1.54) is 12.1 Å². The van der Waals surface area contributed by atoms with Gasteiger partial charge in [0, 0.05) is 36.3 Å². The molecule has 1 aromatic heterocycles. The number of rotatable bonds is 6. The summed E-state index contributed by atoms with van der Waals surface area (Å²) in [6.45, 7) is 6.67. The molecule has 0 unspecified atom stereocenters. The van der Waals surface area contributed by atoms with Gasteiger partial charge in [-0.2, -0.15) is 5.10 Å². The third-order valence-corrected chi connectivity index (χ3v) is 6.87. The van der Waals surface area contributed by atoms with Gasteiger partial charge >= 0.3 is 6.09 Å². The summed E-state index contributed by atoms with van der Waals surface area (Å²) in [5, 5.41) is 14.3. The summed E-state index contributed by atoms with van der Waals surface area (Å²) in [6, 6.07) is 16.3. The fraction of sp³-hybridized carbons (Fsp3) is 0.323. The Morgan fingerprint density at radius 1 is 1.00 bits per heavy atom. The Kier molecular flexibility index (Phi) is 7.92. The average molecular weight is 562 g/mol. The molecule has 41 heavy (non-hydrogen) atoms. The van der Waals surface area contributed by atoms with Crippen LogP contribution < -0.4 is 10.6 Å². The van der Waals surface area contributed by atoms with Crippen LogP contribution in [-0.2, 0) is 11.2 Å². The molecule has 0 aliphatic carbocycles. The Balaban J connectivity index is 1.26. The minimum Gasteiger partial charge on any atom is -0.444 e. The SMILES string of the molecule is CC(C)(C)OC(=O)N1CCC(Nc2ccccc2C(=O)Nc2n[nH]c3ccc(Cc4cc(F)cc(F)c4)cc23)CC1. The van der Waals surface area contributed by atoms with Gasteiger partial charge in [-0.3, -0.25) is 9.89 Å². The van der Waals surface area contributed by atoms with Crippen molar-refractivity contribution in [3.8, 4) is 0 Å². The number of aromatic amines is 1. The van der Waals surface area contributed by atoms with Crippen molar-refractivity contribution < 1.29 is 23.1 Å². The molecule has 5 rings (SSSR count). The van der Waals surface area contributed by atoms with Crippen molar-refractivity contribution >= 4 is 34.4 Å². The predicted octanol–water partition coefficient (Wildman–Crippen LogP) is 6.50. The smallest absolute Gasteiger partial charge is 0.410 e.